The molecule has 114 valence electrons. The second-order valence-electron chi connectivity index (χ2n) is 4.04. The van der Waals surface area contributed by atoms with Crippen LogP contribution in [0.2, 0.25) is 0 Å². The number of benzene rings is 1. The molecule has 1 N–H and O–H groups in total. The molecule has 0 radical (unpaired) electrons. The Bertz CT molecular complexity index is 623. The number of hydrogen-bond donors (Lipinski definition) is 1. The van der Waals surface area contributed by atoms with Crippen LogP contribution in [0.15, 0.2) is 22.7 Å². The number of methoxy groups -OCH3 is 1. The first-order valence-corrected chi connectivity index (χ1v) is 5.71. The minimum Gasteiger partial charge on any atom is -0.393 e. The van der Waals surface area contributed by atoms with Crippen LogP contribution in [0.3, 0.4) is 0 Å². The second kappa shape index (κ2) is 5.78. The van der Waals surface area contributed by atoms with Crippen molar-refractivity contribution in [1.82, 2.24) is 10.1 Å². The van der Waals surface area contributed by atoms with Crippen LogP contribution in [0.4, 0.5) is 17.6 Å². The Hall–Kier alpha value is -2.00. The van der Waals surface area contributed by atoms with E-state index in [-0.39, 0.29) is 11.1 Å². The number of ether oxygens (including phenoxy) is 1. The Morgan fingerprint density at radius 2 is 2.10 bits per heavy atom. The third-order valence-electron chi connectivity index (χ3n) is 2.74. The number of aliphatic hydroxyl groups excluding tert-OH is 1. The zero-order chi connectivity index (χ0) is 15.6. The van der Waals surface area contributed by atoms with E-state index in [0.717, 1.165) is 0 Å². The smallest absolute Gasteiger partial charge is 0.393 e. The van der Waals surface area contributed by atoms with Crippen molar-refractivity contribution in [2.45, 2.75) is 12.3 Å². The normalized spacial score (nSPS) is 13.4. The highest BCUT2D eigenvalue weighted by Crippen LogP contribution is 2.31. The summed E-state index contributed by atoms with van der Waals surface area (Å²) in [6, 6.07) is 3.93. The zero-order valence-electron chi connectivity index (χ0n) is 10.7. The van der Waals surface area contributed by atoms with E-state index in [1.165, 1.54) is 25.3 Å². The molecule has 1 unspecified atom stereocenters. The first-order chi connectivity index (χ1) is 9.88. The maximum atomic E-state index is 14.3. The van der Waals surface area contributed by atoms with E-state index in [1.54, 1.807) is 0 Å². The number of alkyl halides is 3. The number of aromatic nitrogens is 2. The van der Waals surface area contributed by atoms with Crippen LogP contribution in [0.25, 0.3) is 11.4 Å². The lowest BCUT2D eigenvalue weighted by Gasteiger charge is -2.14. The molecule has 2 aromatic rings. The summed E-state index contributed by atoms with van der Waals surface area (Å²) in [6.07, 6.45) is -5.75. The summed E-state index contributed by atoms with van der Waals surface area (Å²) in [6.45, 7) is -0.489. The van der Waals surface area contributed by atoms with Crippen LogP contribution in [-0.4, -0.2) is 29.0 Å². The molecule has 5 nitrogen and oxygen atoms in total. The maximum absolute atomic E-state index is 14.3. The molecule has 0 aliphatic rings. The predicted molar refractivity (Wildman–Crippen MR) is 61.5 cm³/mol. The van der Waals surface area contributed by atoms with Crippen molar-refractivity contribution in [3.8, 4) is 11.4 Å². The number of nitrogens with zero attached hydrogens (tertiary/aromatic N) is 2. The molecule has 1 heterocycles. The van der Waals surface area contributed by atoms with Gasteiger partial charge < -0.3 is 14.4 Å². The van der Waals surface area contributed by atoms with Gasteiger partial charge in [-0.15, -0.1) is 0 Å². The zero-order valence-corrected chi connectivity index (χ0v) is 10.7. The molecular formula is C12H10F4N2O3. The van der Waals surface area contributed by atoms with Crippen molar-refractivity contribution in [3.63, 3.8) is 0 Å². The van der Waals surface area contributed by atoms with Crippen LogP contribution in [-0.2, 0) is 10.9 Å². The SMILES string of the molecule is COC(CO)c1cccc(-c2noc(C(F)(F)F)n2)c1F. The molecule has 1 aromatic heterocycles. The Balaban J connectivity index is 2.45. The molecule has 0 aliphatic carbocycles. The Kier molecular flexibility index (Phi) is 4.24. The first-order valence-electron chi connectivity index (χ1n) is 5.71. The minimum absolute atomic E-state index is 0.0177. The molecule has 0 saturated heterocycles. The molecular weight excluding hydrogens is 296 g/mol. The largest absolute Gasteiger partial charge is 0.471 e. The van der Waals surface area contributed by atoms with Crippen LogP contribution in [0.1, 0.15) is 17.6 Å². The molecule has 0 amide bonds. The summed E-state index contributed by atoms with van der Waals surface area (Å²) in [5, 5.41) is 12.2. The quantitative estimate of drug-likeness (QED) is 0.879. The van der Waals surface area contributed by atoms with Gasteiger partial charge in [-0.05, 0) is 6.07 Å². The lowest BCUT2D eigenvalue weighted by atomic mass is 10.0. The fraction of sp³-hybridized carbons (Fsp3) is 0.333. The highest BCUT2D eigenvalue weighted by atomic mass is 19.4. The van der Waals surface area contributed by atoms with E-state index in [9.17, 15) is 17.6 Å². The van der Waals surface area contributed by atoms with Gasteiger partial charge in [0.05, 0.1) is 12.2 Å². The second-order valence-corrected chi connectivity index (χ2v) is 4.04. The molecule has 2 rings (SSSR count). The molecule has 0 aliphatic heterocycles. The first kappa shape index (κ1) is 15.4. The molecule has 1 atom stereocenters. The number of halogens is 4. The number of hydrogen-bond acceptors (Lipinski definition) is 5. The van der Waals surface area contributed by atoms with Crippen molar-refractivity contribution in [3.05, 3.63) is 35.5 Å². The van der Waals surface area contributed by atoms with E-state index in [1.807, 2.05) is 0 Å². The summed E-state index contributed by atoms with van der Waals surface area (Å²) < 4.78 is 60.4. The lowest BCUT2D eigenvalue weighted by molar-refractivity contribution is -0.159. The van der Waals surface area contributed by atoms with Crippen molar-refractivity contribution >= 4 is 0 Å². The molecule has 0 bridgehead atoms. The highest BCUT2D eigenvalue weighted by Gasteiger charge is 2.38. The van der Waals surface area contributed by atoms with Gasteiger partial charge in [-0.3, -0.25) is 0 Å². The summed E-state index contributed by atoms with van der Waals surface area (Å²) in [5.74, 6) is -2.98. The summed E-state index contributed by atoms with van der Waals surface area (Å²) in [7, 11) is 1.27. The summed E-state index contributed by atoms with van der Waals surface area (Å²) in [4.78, 5) is 3.12. The van der Waals surface area contributed by atoms with E-state index in [0.29, 0.717) is 0 Å². The van der Waals surface area contributed by atoms with Crippen LogP contribution in [0.5, 0.6) is 0 Å². The van der Waals surface area contributed by atoms with Gasteiger partial charge in [0.2, 0.25) is 5.82 Å². The van der Waals surface area contributed by atoms with Crippen molar-refractivity contribution in [1.29, 1.82) is 0 Å². The molecule has 1 aromatic carbocycles. The van der Waals surface area contributed by atoms with Gasteiger partial charge in [0, 0.05) is 12.7 Å². The Labute approximate surface area is 116 Å². The van der Waals surface area contributed by atoms with Crippen LogP contribution < -0.4 is 0 Å². The van der Waals surface area contributed by atoms with Crippen molar-refractivity contribution in [2.75, 3.05) is 13.7 Å². The third-order valence-corrected chi connectivity index (χ3v) is 2.74. The van der Waals surface area contributed by atoms with Gasteiger partial charge in [0.1, 0.15) is 11.9 Å². The molecule has 0 fully saturated rings. The van der Waals surface area contributed by atoms with E-state index >= 15 is 0 Å². The maximum Gasteiger partial charge on any atom is 0.471 e. The van der Waals surface area contributed by atoms with Gasteiger partial charge >= 0.3 is 12.1 Å². The van der Waals surface area contributed by atoms with Gasteiger partial charge in [0.25, 0.3) is 0 Å². The minimum atomic E-state index is -4.81. The predicted octanol–water partition coefficient (Wildman–Crippen LogP) is 2.57. The van der Waals surface area contributed by atoms with E-state index in [2.05, 4.69) is 14.7 Å². The van der Waals surface area contributed by atoms with Crippen LogP contribution in [0, 0.1) is 5.82 Å². The molecule has 9 heteroatoms. The van der Waals surface area contributed by atoms with Gasteiger partial charge in [0.15, 0.2) is 0 Å². The third kappa shape index (κ3) is 3.03. The van der Waals surface area contributed by atoms with Crippen molar-refractivity contribution in [2.24, 2.45) is 0 Å². The standard InChI is InChI=1S/C12H10F4N2O3/c1-20-8(5-19)6-3-2-4-7(9(6)13)10-17-11(21-18-10)12(14,15)16/h2-4,8,19H,5H2,1H3. The monoisotopic (exact) mass is 306 g/mol. The molecule has 0 saturated carbocycles. The average molecular weight is 306 g/mol. The fourth-order valence-electron chi connectivity index (χ4n) is 1.72. The Morgan fingerprint density at radius 1 is 1.38 bits per heavy atom. The summed E-state index contributed by atoms with van der Waals surface area (Å²) in [5.41, 5.74) is -0.293. The molecule has 0 spiro atoms. The van der Waals surface area contributed by atoms with Crippen LogP contribution >= 0.6 is 0 Å². The summed E-state index contributed by atoms with van der Waals surface area (Å²) >= 11 is 0. The van der Waals surface area contributed by atoms with Crippen molar-refractivity contribution < 1.29 is 31.9 Å². The Morgan fingerprint density at radius 3 is 2.62 bits per heavy atom. The number of aliphatic hydroxyl groups is 1. The van der Waals surface area contributed by atoms with Gasteiger partial charge in [-0.25, -0.2) is 4.39 Å². The average Bonchev–Trinajstić information content (AvgIpc) is 2.91. The van der Waals surface area contributed by atoms with Gasteiger partial charge in [-0.2, -0.15) is 18.2 Å². The number of rotatable bonds is 4. The lowest BCUT2D eigenvalue weighted by Crippen LogP contribution is -2.09. The van der Waals surface area contributed by atoms with E-state index < -0.39 is 36.4 Å². The van der Waals surface area contributed by atoms with E-state index in [4.69, 9.17) is 9.84 Å². The molecule has 21 heavy (non-hydrogen) atoms. The highest BCUT2D eigenvalue weighted by molar-refractivity contribution is 5.57. The topological polar surface area (TPSA) is 68.4 Å². The fourth-order valence-corrected chi connectivity index (χ4v) is 1.72. The van der Waals surface area contributed by atoms with Gasteiger partial charge in [-0.1, -0.05) is 17.3 Å².